The monoisotopic (exact) mass is 407 g/mol. The van der Waals surface area contributed by atoms with E-state index < -0.39 is 0 Å². The Labute approximate surface area is 175 Å². The third-order valence-corrected chi connectivity index (χ3v) is 6.05. The second-order valence-corrected chi connectivity index (χ2v) is 8.24. The zero-order chi connectivity index (χ0) is 21.1. The highest BCUT2D eigenvalue weighted by Crippen LogP contribution is 2.24. The molecular weight excluding hydrogens is 378 g/mol. The summed E-state index contributed by atoms with van der Waals surface area (Å²) in [5.74, 6) is 0.691. The van der Waals surface area contributed by atoms with Gasteiger partial charge in [-0.1, -0.05) is 38.8 Å². The molecule has 0 unspecified atom stereocenters. The van der Waals surface area contributed by atoms with Crippen molar-refractivity contribution in [2.45, 2.75) is 65.0 Å². The average Bonchev–Trinajstić information content (AvgIpc) is 3.05. The molecule has 1 aromatic carbocycles. The fourth-order valence-corrected chi connectivity index (χ4v) is 4.08. The SMILES string of the molecule is CC[C@H](C)[C@@H](NC(=O)Cn1nc2c(cc1=O)CCCCC2)c1nc2ccccc2[nH]1. The minimum Gasteiger partial charge on any atom is -0.344 e. The summed E-state index contributed by atoms with van der Waals surface area (Å²) in [6.45, 7) is 4.09. The number of H-pyrrole nitrogens is 1. The third kappa shape index (κ3) is 4.30. The van der Waals surface area contributed by atoms with Crippen LogP contribution in [0.4, 0.5) is 0 Å². The average molecular weight is 408 g/mol. The number of aromatic nitrogens is 4. The number of hydrogen-bond donors (Lipinski definition) is 2. The molecule has 0 spiro atoms. The van der Waals surface area contributed by atoms with Crippen molar-refractivity contribution in [3.8, 4) is 0 Å². The molecule has 2 atom stereocenters. The topological polar surface area (TPSA) is 92.7 Å². The molecular formula is C23H29N5O2. The molecule has 0 saturated heterocycles. The lowest BCUT2D eigenvalue weighted by Gasteiger charge is -2.22. The van der Waals surface area contributed by atoms with Gasteiger partial charge in [0.2, 0.25) is 5.91 Å². The van der Waals surface area contributed by atoms with Gasteiger partial charge in [0.05, 0.1) is 22.8 Å². The summed E-state index contributed by atoms with van der Waals surface area (Å²) >= 11 is 0. The van der Waals surface area contributed by atoms with Crippen LogP contribution < -0.4 is 10.9 Å². The molecule has 0 fully saturated rings. The van der Waals surface area contributed by atoms with Crippen LogP contribution in [-0.4, -0.2) is 25.7 Å². The minimum absolute atomic E-state index is 0.0841. The van der Waals surface area contributed by atoms with Crippen molar-refractivity contribution >= 4 is 16.9 Å². The Kier molecular flexibility index (Phi) is 5.97. The first-order chi connectivity index (χ1) is 14.5. The lowest BCUT2D eigenvalue weighted by molar-refractivity contribution is -0.123. The van der Waals surface area contributed by atoms with Crippen molar-refractivity contribution in [3.63, 3.8) is 0 Å². The van der Waals surface area contributed by atoms with E-state index in [1.807, 2.05) is 24.3 Å². The molecule has 30 heavy (non-hydrogen) atoms. The Morgan fingerprint density at radius 2 is 2.03 bits per heavy atom. The van der Waals surface area contributed by atoms with Gasteiger partial charge < -0.3 is 10.3 Å². The Morgan fingerprint density at radius 1 is 1.23 bits per heavy atom. The molecule has 3 aromatic rings. The molecule has 4 rings (SSSR count). The van der Waals surface area contributed by atoms with E-state index in [0.717, 1.165) is 66.6 Å². The molecule has 158 valence electrons. The summed E-state index contributed by atoms with van der Waals surface area (Å²) < 4.78 is 1.30. The van der Waals surface area contributed by atoms with E-state index in [2.05, 4.69) is 34.2 Å². The molecule has 7 nitrogen and oxygen atoms in total. The van der Waals surface area contributed by atoms with Gasteiger partial charge in [0.15, 0.2) is 0 Å². The number of imidazole rings is 1. The van der Waals surface area contributed by atoms with Gasteiger partial charge in [0, 0.05) is 6.07 Å². The molecule has 1 amide bonds. The van der Waals surface area contributed by atoms with Gasteiger partial charge in [-0.3, -0.25) is 9.59 Å². The lowest BCUT2D eigenvalue weighted by Crippen LogP contribution is -2.38. The van der Waals surface area contributed by atoms with Crippen molar-refractivity contribution in [2.24, 2.45) is 5.92 Å². The quantitative estimate of drug-likeness (QED) is 0.613. The van der Waals surface area contributed by atoms with Crippen molar-refractivity contribution in [1.82, 2.24) is 25.1 Å². The summed E-state index contributed by atoms with van der Waals surface area (Å²) in [5, 5.41) is 7.59. The van der Waals surface area contributed by atoms with Crippen LogP contribution in [0.5, 0.6) is 0 Å². The standard InChI is InChI=1S/C23H29N5O2/c1-3-15(2)22(23-24-18-11-7-8-12-19(18)25-23)26-20(29)14-28-21(30)13-16-9-5-4-6-10-17(16)27-28/h7-8,11-13,15,22H,3-6,9-10,14H2,1-2H3,(H,24,25)(H,26,29)/t15-,22+/m0/s1. The van der Waals surface area contributed by atoms with Crippen molar-refractivity contribution in [1.29, 1.82) is 0 Å². The molecule has 1 aliphatic rings. The number of carbonyl (C=O) groups is 1. The highest BCUT2D eigenvalue weighted by molar-refractivity contribution is 5.77. The maximum atomic E-state index is 12.9. The molecule has 0 radical (unpaired) electrons. The smallest absolute Gasteiger partial charge is 0.267 e. The van der Waals surface area contributed by atoms with Gasteiger partial charge in [-0.05, 0) is 49.3 Å². The van der Waals surface area contributed by atoms with Crippen molar-refractivity contribution < 1.29 is 4.79 Å². The van der Waals surface area contributed by atoms with Gasteiger partial charge in [0.25, 0.3) is 5.56 Å². The van der Waals surface area contributed by atoms with Gasteiger partial charge in [-0.2, -0.15) is 5.10 Å². The summed E-state index contributed by atoms with van der Waals surface area (Å²) in [5.41, 5.74) is 3.59. The molecule has 0 saturated carbocycles. The minimum atomic E-state index is -0.258. The van der Waals surface area contributed by atoms with Crippen LogP contribution in [0, 0.1) is 5.92 Å². The molecule has 2 heterocycles. The highest BCUT2D eigenvalue weighted by Gasteiger charge is 2.24. The van der Waals surface area contributed by atoms with E-state index in [1.54, 1.807) is 6.07 Å². The fraction of sp³-hybridized carbons (Fsp3) is 0.478. The Morgan fingerprint density at radius 3 is 2.83 bits per heavy atom. The van der Waals surface area contributed by atoms with E-state index in [9.17, 15) is 9.59 Å². The number of hydrogen-bond acceptors (Lipinski definition) is 4. The van der Waals surface area contributed by atoms with E-state index in [1.165, 1.54) is 4.68 Å². The number of nitrogens with one attached hydrogen (secondary N) is 2. The van der Waals surface area contributed by atoms with E-state index in [0.29, 0.717) is 0 Å². The van der Waals surface area contributed by atoms with Crippen LogP contribution in [0.15, 0.2) is 35.1 Å². The molecule has 0 aliphatic heterocycles. The fourth-order valence-electron chi connectivity index (χ4n) is 4.08. The number of amides is 1. The van der Waals surface area contributed by atoms with Gasteiger partial charge in [0.1, 0.15) is 12.4 Å². The predicted molar refractivity (Wildman–Crippen MR) is 116 cm³/mol. The van der Waals surface area contributed by atoms with Crippen LogP contribution >= 0.6 is 0 Å². The number of carbonyl (C=O) groups excluding carboxylic acids is 1. The maximum Gasteiger partial charge on any atom is 0.267 e. The Bertz CT molecular complexity index is 1070. The van der Waals surface area contributed by atoms with Gasteiger partial charge in [-0.25, -0.2) is 9.67 Å². The van der Waals surface area contributed by atoms with Gasteiger partial charge in [-0.15, -0.1) is 0 Å². The van der Waals surface area contributed by atoms with Crippen LogP contribution in [-0.2, 0) is 24.2 Å². The van der Waals surface area contributed by atoms with Crippen LogP contribution in [0.3, 0.4) is 0 Å². The van der Waals surface area contributed by atoms with E-state index >= 15 is 0 Å². The molecule has 0 bridgehead atoms. The van der Waals surface area contributed by atoms with Crippen molar-refractivity contribution in [3.05, 3.63) is 57.8 Å². The third-order valence-electron chi connectivity index (χ3n) is 6.05. The van der Waals surface area contributed by atoms with Crippen LogP contribution in [0.25, 0.3) is 11.0 Å². The number of nitrogens with zero attached hydrogens (tertiary/aromatic N) is 3. The second-order valence-electron chi connectivity index (χ2n) is 8.24. The largest absolute Gasteiger partial charge is 0.344 e. The van der Waals surface area contributed by atoms with Crippen LogP contribution in [0.2, 0.25) is 0 Å². The molecule has 2 aromatic heterocycles. The first-order valence-corrected chi connectivity index (χ1v) is 10.9. The summed E-state index contributed by atoms with van der Waals surface area (Å²) in [6.07, 6.45) is 5.97. The Balaban J connectivity index is 1.54. The predicted octanol–water partition coefficient (Wildman–Crippen LogP) is 3.29. The first-order valence-electron chi connectivity index (χ1n) is 10.9. The lowest BCUT2D eigenvalue weighted by atomic mass is 9.98. The zero-order valence-electron chi connectivity index (χ0n) is 17.6. The molecule has 1 aliphatic carbocycles. The van der Waals surface area contributed by atoms with Gasteiger partial charge >= 0.3 is 0 Å². The van der Waals surface area contributed by atoms with E-state index in [-0.39, 0.29) is 30.0 Å². The van der Waals surface area contributed by atoms with E-state index in [4.69, 9.17) is 0 Å². The number of rotatable bonds is 6. The maximum absolute atomic E-state index is 12.9. The number of fused-ring (bicyclic) bond motifs is 2. The summed E-state index contributed by atoms with van der Waals surface area (Å²) in [4.78, 5) is 33.4. The summed E-state index contributed by atoms with van der Waals surface area (Å²) in [7, 11) is 0. The number of aromatic amines is 1. The number of aryl methyl sites for hydroxylation is 2. The highest BCUT2D eigenvalue weighted by atomic mass is 16.2. The Hall–Kier alpha value is -2.96. The zero-order valence-corrected chi connectivity index (χ0v) is 17.6. The molecule has 2 N–H and O–H groups in total. The normalized spacial score (nSPS) is 15.9. The number of benzene rings is 1. The molecule has 7 heteroatoms. The summed E-state index contributed by atoms with van der Waals surface area (Å²) in [6, 6.07) is 9.22. The first kappa shape index (κ1) is 20.3. The van der Waals surface area contributed by atoms with Crippen molar-refractivity contribution in [2.75, 3.05) is 0 Å². The second kappa shape index (κ2) is 8.81. The van der Waals surface area contributed by atoms with Crippen LogP contribution in [0.1, 0.15) is 62.7 Å². The number of para-hydroxylation sites is 2.